The van der Waals surface area contributed by atoms with Crippen LogP contribution in [0.2, 0.25) is 0 Å². The number of nitriles is 1. The Kier molecular flexibility index (Phi) is 4.36. The summed E-state index contributed by atoms with van der Waals surface area (Å²) in [5.74, 6) is 0. The Balaban J connectivity index is 2.29. The van der Waals surface area contributed by atoms with Crippen LogP contribution in [0.25, 0.3) is 11.1 Å². The highest BCUT2D eigenvalue weighted by Gasteiger charge is 2.13. The van der Waals surface area contributed by atoms with Crippen molar-refractivity contribution in [2.45, 2.75) is 6.92 Å². The van der Waals surface area contributed by atoms with Gasteiger partial charge >= 0.3 is 0 Å². The molecule has 1 nitrogen and oxygen atoms in total. The van der Waals surface area contributed by atoms with E-state index in [1.165, 1.54) is 5.56 Å². The fraction of sp³-hybridized carbons (Fsp3) is 0.0455. The molecular weight excluding hydrogens is 278 g/mol. The van der Waals surface area contributed by atoms with Crippen LogP contribution in [0.5, 0.6) is 0 Å². The fourth-order valence-electron chi connectivity index (χ4n) is 2.65. The summed E-state index contributed by atoms with van der Waals surface area (Å²) in [5, 5.41) is 9.82. The smallest absolute Gasteiger partial charge is 0.100 e. The van der Waals surface area contributed by atoms with Crippen LogP contribution >= 0.6 is 0 Å². The maximum absolute atomic E-state index is 9.82. The highest BCUT2D eigenvalue weighted by atomic mass is 14.3. The summed E-state index contributed by atoms with van der Waals surface area (Å²) >= 11 is 0. The van der Waals surface area contributed by atoms with Gasteiger partial charge in [0.2, 0.25) is 0 Å². The maximum atomic E-state index is 9.82. The second kappa shape index (κ2) is 6.77. The van der Waals surface area contributed by atoms with Crippen LogP contribution in [0.3, 0.4) is 0 Å². The van der Waals surface area contributed by atoms with Gasteiger partial charge in [0.25, 0.3) is 0 Å². The van der Waals surface area contributed by atoms with Gasteiger partial charge in [-0.15, -0.1) is 0 Å². The van der Waals surface area contributed by atoms with Crippen molar-refractivity contribution in [3.8, 4) is 6.07 Å². The molecule has 0 aliphatic rings. The molecule has 0 heterocycles. The van der Waals surface area contributed by atoms with Crippen molar-refractivity contribution in [3.05, 3.63) is 107 Å². The van der Waals surface area contributed by atoms with E-state index in [1.54, 1.807) is 0 Å². The fourth-order valence-corrected chi connectivity index (χ4v) is 2.65. The van der Waals surface area contributed by atoms with Crippen LogP contribution in [0.1, 0.15) is 22.3 Å². The average Bonchev–Trinajstić information content (AvgIpc) is 2.62. The first-order valence-corrected chi connectivity index (χ1v) is 7.62. The first-order chi connectivity index (χ1) is 11.3. The Morgan fingerprint density at radius 2 is 1.13 bits per heavy atom. The molecule has 23 heavy (non-hydrogen) atoms. The van der Waals surface area contributed by atoms with Gasteiger partial charge in [-0.2, -0.15) is 5.26 Å². The summed E-state index contributed by atoms with van der Waals surface area (Å²) in [6.45, 7) is 2.07. The molecule has 3 rings (SSSR count). The summed E-state index contributed by atoms with van der Waals surface area (Å²) in [5.41, 5.74) is 5.92. The third-order valence-corrected chi connectivity index (χ3v) is 3.83. The first-order valence-electron chi connectivity index (χ1n) is 7.62. The Bertz CT molecular complexity index is 851. The lowest BCUT2D eigenvalue weighted by atomic mass is 9.90. The Morgan fingerprint density at radius 3 is 1.65 bits per heavy atom. The number of rotatable bonds is 3. The molecule has 1 heteroatoms. The average molecular weight is 295 g/mol. The minimum atomic E-state index is 0.695. The molecule has 0 N–H and O–H groups in total. The van der Waals surface area contributed by atoms with E-state index in [2.05, 4.69) is 49.4 Å². The van der Waals surface area contributed by atoms with Crippen LogP contribution in [-0.4, -0.2) is 0 Å². The highest BCUT2D eigenvalue weighted by molar-refractivity contribution is 6.03. The van der Waals surface area contributed by atoms with Crippen molar-refractivity contribution >= 4 is 11.1 Å². The van der Waals surface area contributed by atoms with E-state index in [0.29, 0.717) is 5.57 Å². The summed E-state index contributed by atoms with van der Waals surface area (Å²) in [6.07, 6.45) is 0. The lowest BCUT2D eigenvalue weighted by Gasteiger charge is -2.12. The van der Waals surface area contributed by atoms with Crippen LogP contribution in [-0.2, 0) is 0 Å². The third-order valence-electron chi connectivity index (χ3n) is 3.83. The number of nitrogens with zero attached hydrogens (tertiary/aromatic N) is 1. The lowest BCUT2D eigenvalue weighted by Crippen LogP contribution is -1.94. The lowest BCUT2D eigenvalue weighted by molar-refractivity contribution is 1.44. The molecule has 110 valence electrons. The predicted molar refractivity (Wildman–Crippen MR) is 95.6 cm³/mol. The van der Waals surface area contributed by atoms with Gasteiger partial charge < -0.3 is 0 Å². The molecule has 0 amide bonds. The molecule has 0 atom stereocenters. The molecule has 0 saturated heterocycles. The van der Waals surface area contributed by atoms with Crippen LogP contribution in [0, 0.1) is 18.3 Å². The monoisotopic (exact) mass is 295 g/mol. The largest absolute Gasteiger partial charge is 0.192 e. The van der Waals surface area contributed by atoms with Crippen molar-refractivity contribution < 1.29 is 0 Å². The van der Waals surface area contributed by atoms with E-state index in [9.17, 15) is 5.26 Å². The predicted octanol–water partition coefficient (Wildman–Crippen LogP) is 5.48. The summed E-state index contributed by atoms with van der Waals surface area (Å²) in [4.78, 5) is 0. The quantitative estimate of drug-likeness (QED) is 0.464. The van der Waals surface area contributed by atoms with E-state index in [1.807, 2.05) is 48.5 Å². The number of allylic oxidation sites excluding steroid dienone is 1. The highest BCUT2D eigenvalue weighted by Crippen LogP contribution is 2.32. The zero-order valence-corrected chi connectivity index (χ0v) is 13.0. The molecule has 0 fully saturated rings. The molecule has 0 spiro atoms. The molecular formula is C22H17N. The Labute approximate surface area is 137 Å². The van der Waals surface area contributed by atoms with Gasteiger partial charge in [0.1, 0.15) is 6.07 Å². The second-order valence-electron chi connectivity index (χ2n) is 5.46. The molecule has 0 bridgehead atoms. The van der Waals surface area contributed by atoms with Crippen molar-refractivity contribution in [1.82, 2.24) is 0 Å². The van der Waals surface area contributed by atoms with Crippen molar-refractivity contribution in [2.24, 2.45) is 0 Å². The Morgan fingerprint density at radius 1 is 0.652 bits per heavy atom. The molecule has 0 radical (unpaired) electrons. The second-order valence-corrected chi connectivity index (χ2v) is 5.46. The minimum Gasteiger partial charge on any atom is -0.192 e. The molecule has 0 aliphatic heterocycles. The molecule has 0 saturated carbocycles. The van der Waals surface area contributed by atoms with Gasteiger partial charge in [-0.25, -0.2) is 0 Å². The van der Waals surface area contributed by atoms with E-state index in [4.69, 9.17) is 0 Å². The normalized spacial score (nSPS) is 11.5. The number of hydrogen-bond acceptors (Lipinski definition) is 1. The minimum absolute atomic E-state index is 0.695. The molecule has 3 aromatic rings. The molecule has 0 unspecified atom stereocenters. The Hall–Kier alpha value is -3.11. The van der Waals surface area contributed by atoms with Gasteiger partial charge in [0.05, 0.1) is 5.57 Å². The molecule has 3 aromatic carbocycles. The van der Waals surface area contributed by atoms with E-state index in [0.717, 1.165) is 22.3 Å². The van der Waals surface area contributed by atoms with Crippen molar-refractivity contribution in [3.63, 3.8) is 0 Å². The topological polar surface area (TPSA) is 23.8 Å². The van der Waals surface area contributed by atoms with E-state index in [-0.39, 0.29) is 0 Å². The standard InChI is InChI=1S/C22H17N/c1-17-12-14-20(15-13-17)22(19-10-6-3-7-11-19)21(16-23)18-8-4-2-5-9-18/h2-15H,1H3/b22-21-. The van der Waals surface area contributed by atoms with Crippen molar-refractivity contribution in [2.75, 3.05) is 0 Å². The van der Waals surface area contributed by atoms with E-state index < -0.39 is 0 Å². The molecule has 0 aromatic heterocycles. The zero-order valence-electron chi connectivity index (χ0n) is 13.0. The zero-order chi connectivity index (χ0) is 16.1. The van der Waals surface area contributed by atoms with Crippen LogP contribution in [0.4, 0.5) is 0 Å². The van der Waals surface area contributed by atoms with E-state index >= 15 is 0 Å². The van der Waals surface area contributed by atoms with Crippen LogP contribution < -0.4 is 0 Å². The SMILES string of the molecule is Cc1ccc(/C(=C(/C#N)c2ccccc2)c2ccccc2)cc1. The van der Waals surface area contributed by atoms with Gasteiger partial charge in [-0.3, -0.25) is 0 Å². The van der Waals surface area contributed by atoms with Crippen molar-refractivity contribution in [1.29, 1.82) is 5.26 Å². The maximum Gasteiger partial charge on any atom is 0.100 e. The summed E-state index contributed by atoms with van der Waals surface area (Å²) in [7, 11) is 0. The van der Waals surface area contributed by atoms with Crippen LogP contribution in [0.15, 0.2) is 84.9 Å². The number of aryl methyl sites for hydroxylation is 1. The van der Waals surface area contributed by atoms with Gasteiger partial charge in [-0.05, 0) is 23.6 Å². The molecule has 0 aliphatic carbocycles. The van der Waals surface area contributed by atoms with Gasteiger partial charge in [0, 0.05) is 5.57 Å². The number of benzene rings is 3. The first kappa shape index (κ1) is 14.8. The summed E-state index contributed by atoms with van der Waals surface area (Å²) < 4.78 is 0. The number of hydrogen-bond donors (Lipinski definition) is 0. The summed E-state index contributed by atoms with van der Waals surface area (Å²) in [6, 6.07) is 30.7. The van der Waals surface area contributed by atoms with Gasteiger partial charge in [0.15, 0.2) is 0 Å². The van der Waals surface area contributed by atoms with Gasteiger partial charge in [-0.1, -0.05) is 90.5 Å². The third kappa shape index (κ3) is 3.22.